The van der Waals surface area contributed by atoms with Gasteiger partial charge in [0, 0.05) is 0 Å². The SMILES string of the molecule is C/C=C/CCC1CCC2CC(c3ccc(C(=O)Oc4ccc(C)c(F)c4F)c(F)c3F)CCC2C1. The van der Waals surface area contributed by atoms with Crippen LogP contribution in [-0.4, -0.2) is 5.97 Å². The Morgan fingerprint density at radius 2 is 1.66 bits per heavy atom. The maximum Gasteiger partial charge on any atom is 0.346 e. The molecule has 0 saturated heterocycles. The summed E-state index contributed by atoms with van der Waals surface area (Å²) in [6.07, 6.45) is 12.8. The summed E-state index contributed by atoms with van der Waals surface area (Å²) in [5, 5.41) is 0. The van der Waals surface area contributed by atoms with E-state index in [0.29, 0.717) is 11.8 Å². The third-order valence-corrected chi connectivity index (χ3v) is 7.91. The average molecular weight is 489 g/mol. The Hall–Kier alpha value is -2.63. The lowest BCUT2D eigenvalue weighted by molar-refractivity contribution is 0.0720. The highest BCUT2D eigenvalue weighted by Crippen LogP contribution is 2.49. The molecular weight excluding hydrogens is 456 g/mol. The molecule has 0 spiro atoms. The molecule has 0 aromatic heterocycles. The van der Waals surface area contributed by atoms with E-state index in [0.717, 1.165) is 44.1 Å². The van der Waals surface area contributed by atoms with Crippen LogP contribution in [0.4, 0.5) is 17.6 Å². The first-order valence-corrected chi connectivity index (χ1v) is 12.6. The molecule has 2 aromatic carbocycles. The maximum atomic E-state index is 15.1. The Balaban J connectivity index is 1.43. The quantitative estimate of drug-likeness (QED) is 0.177. The molecule has 0 N–H and O–H groups in total. The fraction of sp³-hybridized carbons (Fsp3) is 0.483. The molecule has 0 heterocycles. The second-order valence-corrected chi connectivity index (χ2v) is 10.1. The molecule has 35 heavy (non-hydrogen) atoms. The number of aryl methyl sites for hydroxylation is 1. The Morgan fingerprint density at radius 3 is 2.43 bits per heavy atom. The Kier molecular flexibility index (Phi) is 7.98. The predicted octanol–water partition coefficient (Wildman–Crippen LogP) is 8.43. The second-order valence-electron chi connectivity index (χ2n) is 10.1. The monoisotopic (exact) mass is 488 g/mol. The minimum Gasteiger partial charge on any atom is -0.420 e. The average Bonchev–Trinajstić information content (AvgIpc) is 2.85. The smallest absolute Gasteiger partial charge is 0.346 e. The number of hydrogen-bond acceptors (Lipinski definition) is 2. The Morgan fingerprint density at radius 1 is 0.914 bits per heavy atom. The number of esters is 1. The van der Waals surface area contributed by atoms with Crippen LogP contribution in [0, 0.1) is 47.9 Å². The molecule has 0 amide bonds. The van der Waals surface area contributed by atoms with Crippen LogP contribution in [0.15, 0.2) is 36.4 Å². The van der Waals surface area contributed by atoms with Crippen LogP contribution in [0.1, 0.15) is 85.7 Å². The van der Waals surface area contributed by atoms with Crippen molar-refractivity contribution in [2.45, 2.75) is 71.1 Å². The van der Waals surface area contributed by atoms with Gasteiger partial charge in [-0.05, 0) is 106 Å². The molecule has 0 aliphatic heterocycles. The van der Waals surface area contributed by atoms with Crippen LogP contribution in [0.5, 0.6) is 5.75 Å². The minimum atomic E-state index is -1.34. The van der Waals surface area contributed by atoms with Gasteiger partial charge in [-0.25, -0.2) is 18.0 Å². The van der Waals surface area contributed by atoms with Gasteiger partial charge in [0.25, 0.3) is 0 Å². The first-order valence-electron chi connectivity index (χ1n) is 12.6. The van der Waals surface area contributed by atoms with E-state index >= 15 is 4.39 Å². The summed E-state index contributed by atoms with van der Waals surface area (Å²) in [4.78, 5) is 12.4. The highest BCUT2D eigenvalue weighted by Gasteiger charge is 2.37. The molecule has 2 saturated carbocycles. The summed E-state index contributed by atoms with van der Waals surface area (Å²) in [6.45, 7) is 3.41. The molecule has 0 bridgehead atoms. The lowest BCUT2D eigenvalue weighted by atomic mass is 9.63. The van der Waals surface area contributed by atoms with Crippen molar-refractivity contribution in [2.75, 3.05) is 0 Å². The predicted molar refractivity (Wildman–Crippen MR) is 127 cm³/mol. The molecule has 2 aromatic rings. The number of fused-ring (bicyclic) bond motifs is 1. The topological polar surface area (TPSA) is 26.3 Å². The Bertz CT molecular complexity index is 1110. The van der Waals surface area contributed by atoms with Crippen LogP contribution in [0.2, 0.25) is 0 Å². The van der Waals surface area contributed by atoms with Gasteiger partial charge in [-0.3, -0.25) is 0 Å². The van der Waals surface area contributed by atoms with E-state index in [2.05, 4.69) is 12.2 Å². The van der Waals surface area contributed by atoms with Gasteiger partial charge in [-0.1, -0.05) is 30.7 Å². The van der Waals surface area contributed by atoms with Crippen LogP contribution in [0.25, 0.3) is 0 Å². The normalized spacial score (nSPS) is 24.4. The van der Waals surface area contributed by atoms with E-state index in [1.54, 1.807) is 0 Å². The van der Waals surface area contributed by atoms with Crippen molar-refractivity contribution in [3.05, 3.63) is 76.4 Å². The standard InChI is InChI=1S/C29H32F4O2/c1-3-4-5-6-18-8-9-20-16-21(11-10-19(20)15-18)22-12-13-23(27(32)26(22)31)29(34)35-24-14-7-17(2)25(30)28(24)33/h3-4,7,12-14,18-21H,5-6,8-11,15-16H2,1-2H3/b4-3+. The number of halogens is 4. The number of hydrogen-bond donors (Lipinski definition) is 0. The van der Waals surface area contributed by atoms with Crippen molar-refractivity contribution in [3.8, 4) is 5.75 Å². The zero-order valence-electron chi connectivity index (χ0n) is 20.3. The molecule has 6 heteroatoms. The fourth-order valence-corrected chi connectivity index (χ4v) is 5.93. The van der Waals surface area contributed by atoms with Crippen molar-refractivity contribution in [1.29, 1.82) is 0 Å². The second kappa shape index (κ2) is 11.0. The summed E-state index contributed by atoms with van der Waals surface area (Å²) >= 11 is 0. The van der Waals surface area contributed by atoms with Gasteiger partial charge < -0.3 is 4.74 Å². The van der Waals surface area contributed by atoms with Crippen molar-refractivity contribution < 1.29 is 27.1 Å². The van der Waals surface area contributed by atoms with Gasteiger partial charge in [-0.2, -0.15) is 4.39 Å². The molecule has 4 rings (SSSR count). The number of carbonyl (C=O) groups excluding carboxylic acids is 1. The molecule has 188 valence electrons. The lowest BCUT2D eigenvalue weighted by Crippen LogP contribution is -2.30. The highest BCUT2D eigenvalue weighted by atomic mass is 19.2. The molecule has 2 fully saturated rings. The molecule has 2 nitrogen and oxygen atoms in total. The van der Waals surface area contributed by atoms with E-state index < -0.39 is 40.6 Å². The highest BCUT2D eigenvalue weighted by molar-refractivity contribution is 5.91. The third kappa shape index (κ3) is 5.46. The number of allylic oxidation sites excluding steroid dienone is 2. The number of rotatable bonds is 6. The Labute approximate surface area is 204 Å². The van der Waals surface area contributed by atoms with E-state index in [9.17, 15) is 18.0 Å². The molecule has 2 aliphatic rings. The van der Waals surface area contributed by atoms with Crippen LogP contribution >= 0.6 is 0 Å². The minimum absolute atomic E-state index is 0.0423. The molecule has 4 atom stereocenters. The van der Waals surface area contributed by atoms with Gasteiger partial charge in [0.1, 0.15) is 0 Å². The molecular formula is C29H32F4O2. The summed E-state index contributed by atoms with van der Waals surface area (Å²) in [5.74, 6) is -5.00. The maximum absolute atomic E-state index is 15.1. The summed E-state index contributed by atoms with van der Waals surface area (Å²) in [7, 11) is 0. The zero-order valence-corrected chi connectivity index (χ0v) is 20.3. The van der Waals surface area contributed by atoms with Gasteiger partial charge in [0.15, 0.2) is 23.2 Å². The number of ether oxygens (including phenoxy) is 1. The van der Waals surface area contributed by atoms with Gasteiger partial charge in [-0.15, -0.1) is 0 Å². The van der Waals surface area contributed by atoms with Gasteiger partial charge >= 0.3 is 5.97 Å². The van der Waals surface area contributed by atoms with E-state index in [4.69, 9.17) is 4.74 Å². The zero-order chi connectivity index (χ0) is 25.1. The van der Waals surface area contributed by atoms with Crippen LogP contribution in [0.3, 0.4) is 0 Å². The van der Waals surface area contributed by atoms with E-state index in [1.807, 2.05) is 6.92 Å². The molecule has 2 aliphatic carbocycles. The summed E-state index contributed by atoms with van der Waals surface area (Å²) < 4.78 is 62.6. The van der Waals surface area contributed by atoms with Gasteiger partial charge in [0.05, 0.1) is 5.56 Å². The third-order valence-electron chi connectivity index (χ3n) is 7.91. The number of carbonyl (C=O) groups is 1. The fourth-order valence-electron chi connectivity index (χ4n) is 5.93. The summed E-state index contributed by atoms with van der Waals surface area (Å²) in [5.41, 5.74) is -0.317. The summed E-state index contributed by atoms with van der Waals surface area (Å²) in [6, 6.07) is 4.95. The van der Waals surface area contributed by atoms with E-state index in [1.165, 1.54) is 44.4 Å². The van der Waals surface area contributed by atoms with Crippen LogP contribution in [-0.2, 0) is 0 Å². The van der Waals surface area contributed by atoms with Crippen molar-refractivity contribution >= 4 is 5.97 Å². The van der Waals surface area contributed by atoms with Crippen molar-refractivity contribution in [3.63, 3.8) is 0 Å². The van der Waals surface area contributed by atoms with E-state index in [-0.39, 0.29) is 17.0 Å². The first kappa shape index (κ1) is 25.5. The number of benzene rings is 2. The molecule has 0 radical (unpaired) electrons. The largest absolute Gasteiger partial charge is 0.420 e. The van der Waals surface area contributed by atoms with Crippen LogP contribution < -0.4 is 4.74 Å². The van der Waals surface area contributed by atoms with Crippen molar-refractivity contribution in [1.82, 2.24) is 0 Å². The first-order chi connectivity index (χ1) is 16.8. The van der Waals surface area contributed by atoms with Gasteiger partial charge in [0.2, 0.25) is 5.82 Å². The molecule has 4 unspecified atom stereocenters. The lowest BCUT2D eigenvalue weighted by Gasteiger charge is -2.42. The van der Waals surface area contributed by atoms with Crippen molar-refractivity contribution in [2.24, 2.45) is 17.8 Å².